The highest BCUT2D eigenvalue weighted by Crippen LogP contribution is 2.28. The molecule has 6 rings (SSSR count). The van der Waals surface area contributed by atoms with Gasteiger partial charge in [0.1, 0.15) is 5.82 Å². The predicted octanol–water partition coefficient (Wildman–Crippen LogP) is 8.42. The van der Waals surface area contributed by atoms with Gasteiger partial charge in [-0.1, -0.05) is 48.0 Å². The molecule has 0 spiro atoms. The van der Waals surface area contributed by atoms with Gasteiger partial charge in [0, 0.05) is 71.4 Å². The molecule has 5 aromatic carbocycles. The number of benzene rings is 5. The topological polar surface area (TPSA) is 85.0 Å². The lowest BCUT2D eigenvalue weighted by Crippen LogP contribution is -2.46. The molecule has 1 atom stereocenters. The van der Waals surface area contributed by atoms with Crippen LogP contribution in [-0.4, -0.2) is 82.7 Å². The fourth-order valence-electron chi connectivity index (χ4n) is 6.56. The standard InChI is InChI=1S/C43H47ClFN5O3S2/c1-31-28-40(20-21-42(31)46-37(22-23-48(2)3)30-54-39-18-14-36(45)15-19-39)55(52,53)47-43(51)33-10-16-38(17-11-33)50-26-24-49(25-27-50)29-34-6-4-5-7-41(34)32-8-12-35(44)13-9-32/h4-21,28,37,46H,22-27,29-30H2,1-3H3,(H,47,51)/t37-/m1/s1. The first kappa shape index (κ1) is 40.3. The van der Waals surface area contributed by atoms with Crippen molar-refractivity contribution in [1.82, 2.24) is 14.5 Å². The van der Waals surface area contributed by atoms with Crippen LogP contribution in [0.15, 0.2) is 125 Å². The number of hydrogen-bond acceptors (Lipinski definition) is 8. The van der Waals surface area contributed by atoms with E-state index >= 15 is 0 Å². The van der Waals surface area contributed by atoms with E-state index in [-0.39, 0.29) is 22.3 Å². The smallest absolute Gasteiger partial charge is 0.264 e. The van der Waals surface area contributed by atoms with E-state index in [0.717, 1.165) is 83.9 Å². The van der Waals surface area contributed by atoms with Crippen molar-refractivity contribution in [2.75, 3.05) is 62.8 Å². The number of rotatable bonds is 15. The summed E-state index contributed by atoms with van der Waals surface area (Å²) < 4.78 is 42.3. The molecule has 5 aromatic rings. The van der Waals surface area contributed by atoms with Crippen LogP contribution >= 0.6 is 23.4 Å². The number of aryl methyl sites for hydroxylation is 1. The van der Waals surface area contributed by atoms with Gasteiger partial charge in [-0.3, -0.25) is 9.69 Å². The zero-order valence-corrected chi connectivity index (χ0v) is 33.7. The van der Waals surface area contributed by atoms with Crippen LogP contribution < -0.4 is 14.9 Å². The van der Waals surface area contributed by atoms with Gasteiger partial charge in [-0.15, -0.1) is 11.8 Å². The van der Waals surface area contributed by atoms with E-state index < -0.39 is 15.9 Å². The monoisotopic (exact) mass is 799 g/mol. The molecule has 0 aromatic heterocycles. The first-order valence-electron chi connectivity index (χ1n) is 18.3. The largest absolute Gasteiger partial charge is 0.381 e. The van der Waals surface area contributed by atoms with Gasteiger partial charge in [-0.25, -0.2) is 17.5 Å². The van der Waals surface area contributed by atoms with Crippen molar-refractivity contribution in [2.45, 2.75) is 35.7 Å². The summed E-state index contributed by atoms with van der Waals surface area (Å²) in [5.41, 5.74) is 6.43. The molecule has 0 saturated carbocycles. The summed E-state index contributed by atoms with van der Waals surface area (Å²) in [6.07, 6.45) is 0.854. The number of anilines is 2. The second-order valence-electron chi connectivity index (χ2n) is 14.1. The molecule has 55 heavy (non-hydrogen) atoms. The van der Waals surface area contributed by atoms with E-state index in [1.54, 1.807) is 48.2 Å². The zero-order chi connectivity index (χ0) is 39.0. The number of amides is 1. The number of carbonyl (C=O) groups is 1. The van der Waals surface area contributed by atoms with Crippen molar-refractivity contribution in [3.63, 3.8) is 0 Å². The Labute approximate surface area is 333 Å². The molecule has 0 radical (unpaired) electrons. The number of nitrogens with zero attached hydrogens (tertiary/aromatic N) is 3. The van der Waals surface area contributed by atoms with Crippen molar-refractivity contribution >= 4 is 50.7 Å². The number of carbonyl (C=O) groups excluding carboxylic acids is 1. The third kappa shape index (κ3) is 11.1. The maximum atomic E-state index is 13.4. The Kier molecular flexibility index (Phi) is 13.5. The number of sulfonamides is 1. The highest BCUT2D eigenvalue weighted by atomic mass is 35.5. The van der Waals surface area contributed by atoms with E-state index in [9.17, 15) is 17.6 Å². The van der Waals surface area contributed by atoms with Gasteiger partial charge in [0.25, 0.3) is 15.9 Å². The Bertz CT molecular complexity index is 2160. The fourth-order valence-corrected chi connectivity index (χ4v) is 8.72. The van der Waals surface area contributed by atoms with Crippen molar-refractivity contribution in [3.8, 4) is 11.1 Å². The molecule has 12 heteroatoms. The lowest BCUT2D eigenvalue weighted by atomic mass is 9.99. The van der Waals surface area contributed by atoms with E-state index in [4.69, 9.17) is 11.6 Å². The summed E-state index contributed by atoms with van der Waals surface area (Å²) in [6, 6.07) is 34.9. The van der Waals surface area contributed by atoms with Gasteiger partial charge in [0.2, 0.25) is 0 Å². The number of nitrogens with one attached hydrogen (secondary N) is 2. The number of hydrogen-bond donors (Lipinski definition) is 2. The van der Waals surface area contributed by atoms with Crippen molar-refractivity contribution in [2.24, 2.45) is 0 Å². The van der Waals surface area contributed by atoms with Gasteiger partial charge in [0.05, 0.1) is 4.90 Å². The highest BCUT2D eigenvalue weighted by molar-refractivity contribution is 7.99. The van der Waals surface area contributed by atoms with Crippen LogP contribution in [0.1, 0.15) is 27.9 Å². The lowest BCUT2D eigenvalue weighted by Gasteiger charge is -2.36. The molecule has 1 aliphatic heterocycles. The zero-order valence-electron chi connectivity index (χ0n) is 31.3. The van der Waals surface area contributed by atoms with E-state index in [0.29, 0.717) is 0 Å². The molecule has 0 aliphatic carbocycles. The molecule has 8 nitrogen and oxygen atoms in total. The lowest BCUT2D eigenvalue weighted by molar-refractivity contribution is 0.0981. The quantitative estimate of drug-likeness (QED) is 0.102. The van der Waals surface area contributed by atoms with Crippen molar-refractivity contribution in [1.29, 1.82) is 0 Å². The average molecular weight is 800 g/mol. The summed E-state index contributed by atoms with van der Waals surface area (Å²) in [5.74, 6) is -0.209. The van der Waals surface area contributed by atoms with Gasteiger partial charge in [0.15, 0.2) is 0 Å². The maximum absolute atomic E-state index is 13.4. The van der Waals surface area contributed by atoms with Crippen LogP contribution in [0.5, 0.6) is 0 Å². The van der Waals surface area contributed by atoms with Gasteiger partial charge in [-0.05, 0) is 135 Å². The Morgan fingerprint density at radius 2 is 1.58 bits per heavy atom. The Balaban J connectivity index is 1.02. The van der Waals surface area contributed by atoms with Gasteiger partial charge >= 0.3 is 0 Å². The number of thioether (sulfide) groups is 1. The predicted molar refractivity (Wildman–Crippen MR) is 224 cm³/mol. The normalized spacial score (nSPS) is 14.2. The second kappa shape index (κ2) is 18.5. The van der Waals surface area contributed by atoms with Crippen LogP contribution in [0.2, 0.25) is 5.02 Å². The molecule has 0 unspecified atom stereocenters. The summed E-state index contributed by atoms with van der Waals surface area (Å²) in [4.78, 5) is 21.0. The van der Waals surface area contributed by atoms with Crippen LogP contribution in [-0.2, 0) is 16.6 Å². The molecule has 288 valence electrons. The van der Waals surface area contributed by atoms with Crippen LogP contribution in [0, 0.1) is 12.7 Å². The SMILES string of the molecule is Cc1cc(S(=O)(=O)NC(=O)c2ccc(N3CCN(Cc4ccccc4-c4ccc(Cl)cc4)CC3)cc2)ccc1N[C@H](CCN(C)C)CSc1ccc(F)cc1. The Morgan fingerprint density at radius 1 is 0.891 bits per heavy atom. The summed E-state index contributed by atoms with van der Waals surface area (Å²) in [6.45, 7) is 6.97. The molecular formula is C43H47ClFN5O3S2. The molecular weight excluding hydrogens is 753 g/mol. The first-order chi connectivity index (χ1) is 26.4. The summed E-state index contributed by atoms with van der Waals surface area (Å²) in [5, 5.41) is 4.29. The second-order valence-corrected chi connectivity index (χ2v) is 17.3. The van der Waals surface area contributed by atoms with E-state index in [1.807, 2.05) is 45.3 Å². The minimum Gasteiger partial charge on any atom is -0.381 e. The Morgan fingerprint density at radius 3 is 2.25 bits per heavy atom. The fraction of sp³-hybridized carbons (Fsp3) is 0.279. The van der Waals surface area contributed by atoms with E-state index in [2.05, 4.69) is 61.1 Å². The van der Waals surface area contributed by atoms with Gasteiger partial charge in [-0.2, -0.15) is 0 Å². The molecule has 0 bridgehead atoms. The van der Waals surface area contributed by atoms with Crippen LogP contribution in [0.25, 0.3) is 11.1 Å². The summed E-state index contributed by atoms with van der Waals surface area (Å²) in [7, 11) is -0.0830. The first-order valence-corrected chi connectivity index (χ1v) is 21.2. The number of piperazine rings is 1. The van der Waals surface area contributed by atoms with Crippen molar-refractivity contribution in [3.05, 3.63) is 143 Å². The summed E-state index contributed by atoms with van der Waals surface area (Å²) >= 11 is 7.76. The Hall–Kier alpha value is -4.39. The van der Waals surface area contributed by atoms with Crippen LogP contribution in [0.3, 0.4) is 0 Å². The molecule has 1 amide bonds. The molecule has 1 heterocycles. The highest BCUT2D eigenvalue weighted by Gasteiger charge is 2.22. The van der Waals surface area contributed by atoms with Crippen LogP contribution in [0.4, 0.5) is 15.8 Å². The molecule has 1 aliphatic rings. The van der Waals surface area contributed by atoms with Gasteiger partial charge < -0.3 is 15.1 Å². The molecule has 1 fully saturated rings. The number of halogens is 2. The minimum atomic E-state index is -4.12. The average Bonchev–Trinajstić information content (AvgIpc) is 3.18. The third-order valence-corrected chi connectivity index (χ3v) is 12.5. The maximum Gasteiger partial charge on any atom is 0.264 e. The molecule has 2 N–H and O–H groups in total. The van der Waals surface area contributed by atoms with E-state index in [1.165, 1.54) is 29.3 Å². The molecule has 1 saturated heterocycles. The minimum absolute atomic E-state index is 0.0136. The third-order valence-electron chi connectivity index (χ3n) is 9.72. The van der Waals surface area contributed by atoms with Crippen molar-refractivity contribution < 1.29 is 17.6 Å².